The molecule has 0 N–H and O–H groups in total. The molecule has 0 amide bonds. The fourth-order valence-corrected chi connectivity index (χ4v) is 2.13. The van der Waals surface area contributed by atoms with Crippen molar-refractivity contribution in [2.75, 3.05) is 33.7 Å². The minimum atomic E-state index is -1.05. The van der Waals surface area contributed by atoms with Gasteiger partial charge in [0.25, 0.3) is 0 Å². The Morgan fingerprint density at radius 3 is 2.14 bits per heavy atom. The highest BCUT2D eigenvalue weighted by Gasteiger charge is 2.25. The van der Waals surface area contributed by atoms with E-state index in [9.17, 15) is 4.39 Å². The lowest BCUT2D eigenvalue weighted by Crippen LogP contribution is -2.45. The molecule has 3 heteroatoms. The fourth-order valence-electron chi connectivity index (χ4n) is 2.13. The summed E-state index contributed by atoms with van der Waals surface area (Å²) in [5.74, 6) is 0. The lowest BCUT2D eigenvalue weighted by atomic mass is 10.0. The predicted octanol–water partition coefficient (Wildman–Crippen LogP) is 1.76. The van der Waals surface area contributed by atoms with Gasteiger partial charge < -0.3 is 9.80 Å². The number of hydrogen-bond donors (Lipinski definition) is 0. The number of hydrogen-bond acceptors (Lipinski definition) is 2. The normalized spacial score (nSPS) is 21.9. The summed E-state index contributed by atoms with van der Waals surface area (Å²) in [5.41, 5.74) is -1.05. The van der Waals surface area contributed by atoms with Gasteiger partial charge in [0.1, 0.15) is 5.67 Å². The molecule has 0 atom stereocenters. The predicted molar refractivity (Wildman–Crippen MR) is 58.3 cm³/mol. The molecule has 0 aromatic rings. The molecule has 2 nitrogen and oxygen atoms in total. The highest BCUT2D eigenvalue weighted by atomic mass is 19.1. The zero-order valence-electron chi connectivity index (χ0n) is 9.89. The number of halogens is 1. The second-order valence-corrected chi connectivity index (χ2v) is 5.19. The van der Waals surface area contributed by atoms with Gasteiger partial charge in [0, 0.05) is 12.6 Å². The van der Waals surface area contributed by atoms with Crippen molar-refractivity contribution in [1.29, 1.82) is 0 Å². The van der Waals surface area contributed by atoms with Crippen LogP contribution < -0.4 is 0 Å². The van der Waals surface area contributed by atoms with Gasteiger partial charge in [-0.15, -0.1) is 0 Å². The summed E-state index contributed by atoms with van der Waals surface area (Å²) in [6.45, 7) is 5.97. The average molecular weight is 202 g/mol. The lowest BCUT2D eigenvalue weighted by molar-refractivity contribution is 0.0843. The van der Waals surface area contributed by atoms with Crippen molar-refractivity contribution in [2.24, 2.45) is 0 Å². The van der Waals surface area contributed by atoms with Crippen molar-refractivity contribution in [1.82, 2.24) is 9.80 Å². The van der Waals surface area contributed by atoms with Crippen LogP contribution in [0.4, 0.5) is 4.39 Å². The first kappa shape index (κ1) is 11.9. The van der Waals surface area contributed by atoms with Crippen LogP contribution in [-0.2, 0) is 0 Å². The Morgan fingerprint density at radius 1 is 1.29 bits per heavy atom. The van der Waals surface area contributed by atoms with Crippen molar-refractivity contribution in [3.05, 3.63) is 0 Å². The Balaban J connectivity index is 2.29. The maximum Gasteiger partial charge on any atom is 0.118 e. The van der Waals surface area contributed by atoms with Crippen molar-refractivity contribution in [3.63, 3.8) is 0 Å². The maximum atomic E-state index is 13.4. The number of nitrogens with zero attached hydrogens (tertiary/aromatic N) is 2. The topological polar surface area (TPSA) is 6.48 Å². The first-order chi connectivity index (χ1) is 6.38. The van der Waals surface area contributed by atoms with Crippen LogP contribution in [0.1, 0.15) is 26.7 Å². The smallest absolute Gasteiger partial charge is 0.118 e. The molecule has 14 heavy (non-hydrogen) atoms. The molecule has 1 fully saturated rings. The van der Waals surface area contributed by atoms with Gasteiger partial charge >= 0.3 is 0 Å². The van der Waals surface area contributed by atoms with E-state index in [-0.39, 0.29) is 0 Å². The van der Waals surface area contributed by atoms with E-state index in [1.807, 2.05) is 0 Å². The Labute approximate surface area is 87.1 Å². The Morgan fingerprint density at radius 2 is 1.79 bits per heavy atom. The van der Waals surface area contributed by atoms with Crippen molar-refractivity contribution >= 4 is 0 Å². The number of likely N-dealkylation sites (tertiary alicyclic amines) is 1. The Bertz CT molecular complexity index is 167. The quantitative estimate of drug-likeness (QED) is 0.688. The second-order valence-electron chi connectivity index (χ2n) is 5.19. The minimum Gasteiger partial charge on any atom is -0.306 e. The molecular formula is C11H23FN2. The largest absolute Gasteiger partial charge is 0.306 e. The molecule has 84 valence electrons. The SMILES string of the molecule is CN(C)C1CCN(CC(C)(C)F)CC1. The second kappa shape index (κ2) is 4.58. The van der Waals surface area contributed by atoms with Gasteiger partial charge in [-0.1, -0.05) is 0 Å². The van der Waals surface area contributed by atoms with Crippen LogP contribution in [-0.4, -0.2) is 55.2 Å². The number of alkyl halides is 1. The first-order valence-corrected chi connectivity index (χ1v) is 5.46. The zero-order valence-corrected chi connectivity index (χ0v) is 9.89. The molecule has 1 aliphatic heterocycles. The molecule has 0 aromatic carbocycles. The van der Waals surface area contributed by atoms with E-state index in [1.165, 1.54) is 12.8 Å². The summed E-state index contributed by atoms with van der Waals surface area (Å²) in [5, 5.41) is 0. The van der Waals surface area contributed by atoms with Gasteiger partial charge in [-0.3, -0.25) is 0 Å². The molecule has 0 radical (unpaired) electrons. The van der Waals surface area contributed by atoms with Gasteiger partial charge in [-0.25, -0.2) is 4.39 Å². The molecule has 1 aliphatic rings. The van der Waals surface area contributed by atoms with E-state index in [4.69, 9.17) is 0 Å². The van der Waals surface area contributed by atoms with Crippen LogP contribution in [0.5, 0.6) is 0 Å². The van der Waals surface area contributed by atoms with Gasteiger partial charge in [-0.05, 0) is 53.9 Å². The third kappa shape index (κ3) is 3.93. The monoisotopic (exact) mass is 202 g/mol. The molecular weight excluding hydrogens is 179 g/mol. The van der Waals surface area contributed by atoms with E-state index >= 15 is 0 Å². The van der Waals surface area contributed by atoms with Crippen LogP contribution in [0.25, 0.3) is 0 Å². The summed E-state index contributed by atoms with van der Waals surface area (Å²) < 4.78 is 13.4. The fraction of sp³-hybridized carbons (Fsp3) is 1.00. The van der Waals surface area contributed by atoms with Gasteiger partial charge in [0.2, 0.25) is 0 Å². The van der Waals surface area contributed by atoms with Crippen LogP contribution in [0.2, 0.25) is 0 Å². The van der Waals surface area contributed by atoms with E-state index in [0.717, 1.165) is 13.1 Å². The molecule has 0 aromatic heterocycles. The van der Waals surface area contributed by atoms with Crippen LogP contribution >= 0.6 is 0 Å². The number of rotatable bonds is 3. The summed E-state index contributed by atoms with van der Waals surface area (Å²) >= 11 is 0. The Hall–Kier alpha value is -0.150. The number of piperidine rings is 1. The summed E-state index contributed by atoms with van der Waals surface area (Å²) in [7, 11) is 4.25. The summed E-state index contributed by atoms with van der Waals surface area (Å²) in [4.78, 5) is 4.51. The highest BCUT2D eigenvalue weighted by molar-refractivity contribution is 4.80. The van der Waals surface area contributed by atoms with Crippen molar-refractivity contribution < 1.29 is 4.39 Å². The van der Waals surface area contributed by atoms with Crippen LogP contribution in [0.15, 0.2) is 0 Å². The van der Waals surface area contributed by atoms with Crippen LogP contribution in [0.3, 0.4) is 0 Å². The summed E-state index contributed by atoms with van der Waals surface area (Å²) in [6, 6.07) is 0.689. The molecule has 0 aliphatic carbocycles. The van der Waals surface area contributed by atoms with Gasteiger partial charge in [-0.2, -0.15) is 0 Å². The van der Waals surface area contributed by atoms with Crippen molar-refractivity contribution in [2.45, 2.75) is 38.4 Å². The molecule has 0 unspecified atom stereocenters. The highest BCUT2D eigenvalue weighted by Crippen LogP contribution is 2.18. The third-order valence-electron chi connectivity index (χ3n) is 2.89. The zero-order chi connectivity index (χ0) is 10.8. The molecule has 1 heterocycles. The molecule has 1 rings (SSSR count). The standard InChI is InChI=1S/C11H23FN2/c1-11(2,12)9-14-7-5-10(6-8-14)13(3)4/h10H,5-9H2,1-4H3. The minimum absolute atomic E-state index is 0.577. The molecule has 1 saturated heterocycles. The van der Waals surface area contributed by atoms with E-state index in [0.29, 0.717) is 12.6 Å². The Kier molecular flexibility index (Phi) is 3.90. The van der Waals surface area contributed by atoms with E-state index in [2.05, 4.69) is 23.9 Å². The van der Waals surface area contributed by atoms with Crippen LogP contribution in [0, 0.1) is 0 Å². The maximum absolute atomic E-state index is 13.4. The lowest BCUT2D eigenvalue weighted by Gasteiger charge is -2.36. The van der Waals surface area contributed by atoms with Gasteiger partial charge in [0.05, 0.1) is 0 Å². The first-order valence-electron chi connectivity index (χ1n) is 5.46. The molecule has 0 bridgehead atoms. The van der Waals surface area contributed by atoms with E-state index < -0.39 is 5.67 Å². The van der Waals surface area contributed by atoms with Crippen molar-refractivity contribution in [3.8, 4) is 0 Å². The van der Waals surface area contributed by atoms with E-state index in [1.54, 1.807) is 13.8 Å². The summed E-state index contributed by atoms with van der Waals surface area (Å²) in [6.07, 6.45) is 2.34. The average Bonchev–Trinajstić information content (AvgIpc) is 2.02. The molecule has 0 saturated carbocycles. The van der Waals surface area contributed by atoms with Gasteiger partial charge in [0.15, 0.2) is 0 Å². The molecule has 0 spiro atoms. The third-order valence-corrected chi connectivity index (χ3v) is 2.89.